The Morgan fingerprint density at radius 2 is 1.90 bits per heavy atom. The molecule has 21 heavy (non-hydrogen) atoms. The number of hydrogen-bond acceptors (Lipinski definition) is 4. The molecule has 0 radical (unpaired) electrons. The monoisotopic (exact) mass is 305 g/mol. The molecule has 1 unspecified atom stereocenters. The largest absolute Gasteiger partial charge is 0.493 e. The molecular weight excluding hydrogens is 282 g/mol. The fraction of sp³-hybridized carbons (Fsp3) is 0.412. The topological polar surface area (TPSA) is 44.5 Å². The lowest BCUT2D eigenvalue weighted by Crippen LogP contribution is -2.17. The number of hydrogen-bond donors (Lipinski definition) is 1. The van der Waals surface area contributed by atoms with Crippen molar-refractivity contribution in [3.63, 3.8) is 0 Å². The lowest BCUT2D eigenvalue weighted by atomic mass is 10.1. The number of methoxy groups -OCH3 is 1. The highest BCUT2D eigenvalue weighted by Crippen LogP contribution is 2.30. The molecule has 114 valence electrons. The van der Waals surface area contributed by atoms with Crippen molar-refractivity contribution in [3.8, 4) is 11.5 Å². The Morgan fingerprint density at radius 3 is 2.52 bits per heavy atom. The van der Waals surface area contributed by atoms with Crippen LogP contribution < -0.4 is 15.2 Å². The molecule has 2 aromatic rings. The summed E-state index contributed by atoms with van der Waals surface area (Å²) >= 11 is 1.79. The van der Waals surface area contributed by atoms with E-state index >= 15 is 0 Å². The molecule has 0 aliphatic heterocycles. The Balaban J connectivity index is 2.09. The van der Waals surface area contributed by atoms with E-state index in [9.17, 15) is 0 Å². The van der Waals surface area contributed by atoms with E-state index in [0.29, 0.717) is 6.61 Å². The van der Waals surface area contributed by atoms with Crippen molar-refractivity contribution in [2.75, 3.05) is 7.11 Å². The third-order valence-corrected chi connectivity index (χ3v) is 4.42. The molecule has 1 atom stereocenters. The van der Waals surface area contributed by atoms with Crippen LogP contribution in [0.1, 0.15) is 29.2 Å². The van der Waals surface area contributed by atoms with Crippen molar-refractivity contribution in [1.29, 1.82) is 0 Å². The summed E-state index contributed by atoms with van der Waals surface area (Å²) in [6, 6.07) is 10.4. The van der Waals surface area contributed by atoms with Crippen LogP contribution in [0.15, 0.2) is 30.3 Å². The smallest absolute Gasteiger partial charge is 0.161 e. The highest BCUT2D eigenvalue weighted by atomic mass is 32.1. The van der Waals surface area contributed by atoms with E-state index in [0.717, 1.165) is 24.3 Å². The average molecular weight is 305 g/mol. The van der Waals surface area contributed by atoms with Gasteiger partial charge in [-0.1, -0.05) is 13.0 Å². The van der Waals surface area contributed by atoms with Gasteiger partial charge in [0.1, 0.15) is 6.61 Å². The molecule has 2 rings (SSSR count). The molecule has 2 N–H and O–H groups in total. The van der Waals surface area contributed by atoms with E-state index in [1.54, 1.807) is 18.4 Å². The second-order valence-electron chi connectivity index (χ2n) is 5.18. The predicted octanol–water partition coefficient (Wildman–Crippen LogP) is 3.79. The fourth-order valence-electron chi connectivity index (χ4n) is 2.17. The lowest BCUT2D eigenvalue weighted by molar-refractivity contribution is 0.287. The second kappa shape index (κ2) is 7.48. The third kappa shape index (κ3) is 4.48. The minimum atomic E-state index is 0.135. The average Bonchev–Trinajstić information content (AvgIpc) is 2.92. The summed E-state index contributed by atoms with van der Waals surface area (Å²) < 4.78 is 11.3. The Morgan fingerprint density at radius 1 is 1.14 bits per heavy atom. The number of rotatable bonds is 7. The van der Waals surface area contributed by atoms with Gasteiger partial charge in [-0.05, 0) is 49.6 Å². The zero-order valence-corrected chi connectivity index (χ0v) is 13.7. The maximum absolute atomic E-state index is 5.94. The third-order valence-electron chi connectivity index (χ3n) is 3.22. The van der Waals surface area contributed by atoms with Crippen LogP contribution in [0.3, 0.4) is 0 Å². The first kappa shape index (κ1) is 15.9. The Bertz CT molecular complexity index is 578. The Kier molecular flexibility index (Phi) is 5.65. The van der Waals surface area contributed by atoms with Gasteiger partial charge in [0.2, 0.25) is 0 Å². The van der Waals surface area contributed by atoms with Gasteiger partial charge in [-0.25, -0.2) is 0 Å². The quantitative estimate of drug-likeness (QED) is 0.846. The van der Waals surface area contributed by atoms with Crippen LogP contribution in [0.2, 0.25) is 0 Å². The summed E-state index contributed by atoms with van der Waals surface area (Å²) in [7, 11) is 1.66. The fourth-order valence-corrected chi connectivity index (χ4v) is 3.04. The van der Waals surface area contributed by atoms with Gasteiger partial charge in [-0.2, -0.15) is 0 Å². The van der Waals surface area contributed by atoms with Crippen LogP contribution in [0, 0.1) is 0 Å². The zero-order chi connectivity index (χ0) is 15.2. The number of nitrogens with two attached hydrogens (primary N) is 1. The molecule has 0 aliphatic carbocycles. The van der Waals surface area contributed by atoms with Crippen LogP contribution >= 0.6 is 11.3 Å². The summed E-state index contributed by atoms with van der Waals surface area (Å²) in [5.74, 6) is 1.54. The van der Waals surface area contributed by atoms with Crippen molar-refractivity contribution in [2.45, 2.75) is 39.3 Å². The van der Waals surface area contributed by atoms with Gasteiger partial charge in [-0.15, -0.1) is 11.3 Å². The predicted molar refractivity (Wildman–Crippen MR) is 88.4 cm³/mol. The molecule has 0 saturated heterocycles. The Labute approximate surface area is 130 Å². The lowest BCUT2D eigenvalue weighted by Gasteiger charge is -2.13. The summed E-state index contributed by atoms with van der Waals surface area (Å²) in [6.07, 6.45) is 1.90. The molecule has 0 saturated carbocycles. The molecule has 0 fully saturated rings. The minimum absolute atomic E-state index is 0.135. The van der Waals surface area contributed by atoms with Crippen LogP contribution in [-0.2, 0) is 19.4 Å². The first-order chi connectivity index (χ1) is 10.1. The number of benzene rings is 1. The SMILES string of the molecule is CCc1ccc(COc2cc(CC(C)N)ccc2OC)s1. The molecule has 4 heteroatoms. The van der Waals surface area contributed by atoms with Gasteiger partial charge >= 0.3 is 0 Å². The van der Waals surface area contributed by atoms with Crippen LogP contribution in [0.25, 0.3) is 0 Å². The van der Waals surface area contributed by atoms with E-state index in [1.165, 1.54) is 15.3 Å². The summed E-state index contributed by atoms with van der Waals surface area (Å²) in [5.41, 5.74) is 7.03. The number of thiophene rings is 1. The summed E-state index contributed by atoms with van der Waals surface area (Å²) in [5, 5.41) is 0. The van der Waals surface area contributed by atoms with Gasteiger partial charge in [0.15, 0.2) is 11.5 Å². The molecule has 1 aromatic carbocycles. The van der Waals surface area contributed by atoms with E-state index in [1.807, 2.05) is 25.1 Å². The van der Waals surface area contributed by atoms with Crippen molar-refractivity contribution < 1.29 is 9.47 Å². The van der Waals surface area contributed by atoms with E-state index in [-0.39, 0.29) is 6.04 Å². The highest BCUT2D eigenvalue weighted by molar-refractivity contribution is 7.11. The van der Waals surface area contributed by atoms with Gasteiger partial charge in [0, 0.05) is 15.8 Å². The van der Waals surface area contributed by atoms with Crippen molar-refractivity contribution in [2.24, 2.45) is 5.73 Å². The van der Waals surface area contributed by atoms with Gasteiger partial charge in [0.25, 0.3) is 0 Å². The molecule has 1 aromatic heterocycles. The van der Waals surface area contributed by atoms with Crippen molar-refractivity contribution in [3.05, 3.63) is 45.6 Å². The molecule has 1 heterocycles. The first-order valence-corrected chi connectivity index (χ1v) is 8.07. The second-order valence-corrected chi connectivity index (χ2v) is 6.43. The van der Waals surface area contributed by atoms with Crippen LogP contribution in [-0.4, -0.2) is 13.2 Å². The molecule has 0 amide bonds. The molecule has 0 spiro atoms. The zero-order valence-electron chi connectivity index (χ0n) is 12.9. The van der Waals surface area contributed by atoms with Gasteiger partial charge in [0.05, 0.1) is 7.11 Å². The summed E-state index contributed by atoms with van der Waals surface area (Å²) in [4.78, 5) is 2.61. The van der Waals surface area contributed by atoms with Gasteiger partial charge < -0.3 is 15.2 Å². The number of aryl methyl sites for hydroxylation is 1. The van der Waals surface area contributed by atoms with Crippen LogP contribution in [0.4, 0.5) is 0 Å². The highest BCUT2D eigenvalue weighted by Gasteiger charge is 2.08. The maximum atomic E-state index is 5.94. The normalized spacial score (nSPS) is 12.2. The molecule has 3 nitrogen and oxygen atoms in total. The first-order valence-electron chi connectivity index (χ1n) is 7.25. The molecular formula is C17H23NO2S. The van der Waals surface area contributed by atoms with E-state index < -0.39 is 0 Å². The van der Waals surface area contributed by atoms with Crippen molar-refractivity contribution in [1.82, 2.24) is 0 Å². The van der Waals surface area contributed by atoms with Crippen LogP contribution in [0.5, 0.6) is 11.5 Å². The number of ether oxygens (including phenoxy) is 2. The summed E-state index contributed by atoms with van der Waals surface area (Å²) in [6.45, 7) is 4.74. The van der Waals surface area contributed by atoms with Gasteiger partial charge in [-0.3, -0.25) is 0 Å². The van der Waals surface area contributed by atoms with E-state index in [4.69, 9.17) is 15.2 Å². The standard InChI is InChI=1S/C17H23NO2S/c1-4-14-6-7-15(21-14)11-20-17-10-13(9-12(2)18)5-8-16(17)19-3/h5-8,10,12H,4,9,11,18H2,1-3H3. The minimum Gasteiger partial charge on any atom is -0.493 e. The van der Waals surface area contributed by atoms with E-state index in [2.05, 4.69) is 19.1 Å². The Hall–Kier alpha value is -1.52. The molecule has 0 bridgehead atoms. The molecule has 0 aliphatic rings. The van der Waals surface area contributed by atoms with Crippen molar-refractivity contribution >= 4 is 11.3 Å². The maximum Gasteiger partial charge on any atom is 0.161 e.